The number of thiophene rings is 1. The number of carbonyl (C=O) groups excluding carboxylic acids is 1. The Morgan fingerprint density at radius 2 is 2.29 bits per heavy atom. The SMILES string of the molecule is CN(C(=O)Cc1cccs1)c1ncccc1Br. The normalized spacial score (nSPS) is 10.2. The summed E-state index contributed by atoms with van der Waals surface area (Å²) in [5, 5.41) is 1.97. The van der Waals surface area contributed by atoms with Crippen LogP contribution in [0.5, 0.6) is 0 Å². The zero-order valence-electron chi connectivity index (χ0n) is 9.26. The van der Waals surface area contributed by atoms with E-state index >= 15 is 0 Å². The summed E-state index contributed by atoms with van der Waals surface area (Å²) in [6.45, 7) is 0. The van der Waals surface area contributed by atoms with E-state index in [1.807, 2.05) is 29.6 Å². The molecule has 0 aliphatic rings. The van der Waals surface area contributed by atoms with Crippen molar-refractivity contribution in [2.24, 2.45) is 0 Å². The highest BCUT2D eigenvalue weighted by Gasteiger charge is 2.15. The standard InChI is InChI=1S/C12H11BrN2OS/c1-15(12-10(13)5-2-6-14-12)11(16)8-9-4-3-7-17-9/h2-7H,8H2,1H3. The van der Waals surface area contributed by atoms with Gasteiger partial charge in [-0.2, -0.15) is 0 Å². The fourth-order valence-corrected chi connectivity index (χ4v) is 2.64. The van der Waals surface area contributed by atoms with Gasteiger partial charge in [-0.3, -0.25) is 9.69 Å². The van der Waals surface area contributed by atoms with Crippen molar-refractivity contribution >= 4 is 39.0 Å². The van der Waals surface area contributed by atoms with Crippen LogP contribution in [0.3, 0.4) is 0 Å². The second-order valence-corrected chi connectivity index (χ2v) is 5.40. The van der Waals surface area contributed by atoms with Gasteiger partial charge in [-0.15, -0.1) is 11.3 Å². The molecule has 5 heteroatoms. The molecule has 3 nitrogen and oxygen atoms in total. The van der Waals surface area contributed by atoms with Crippen LogP contribution in [0.1, 0.15) is 4.88 Å². The van der Waals surface area contributed by atoms with Crippen LogP contribution in [0.2, 0.25) is 0 Å². The van der Waals surface area contributed by atoms with Gasteiger partial charge in [0, 0.05) is 18.1 Å². The first-order valence-electron chi connectivity index (χ1n) is 5.08. The molecule has 0 aliphatic carbocycles. The van der Waals surface area contributed by atoms with Gasteiger partial charge in [-0.05, 0) is 39.5 Å². The van der Waals surface area contributed by atoms with Crippen LogP contribution in [-0.4, -0.2) is 17.9 Å². The highest BCUT2D eigenvalue weighted by Crippen LogP contribution is 2.22. The van der Waals surface area contributed by atoms with Crippen LogP contribution < -0.4 is 4.90 Å². The molecule has 88 valence electrons. The Kier molecular flexibility index (Phi) is 3.91. The molecule has 0 aromatic carbocycles. The quantitative estimate of drug-likeness (QED) is 0.872. The maximum atomic E-state index is 12.0. The van der Waals surface area contributed by atoms with Crippen molar-refractivity contribution in [3.8, 4) is 0 Å². The van der Waals surface area contributed by atoms with Crippen molar-refractivity contribution in [1.82, 2.24) is 4.98 Å². The van der Waals surface area contributed by atoms with E-state index in [1.54, 1.807) is 29.5 Å². The van der Waals surface area contributed by atoms with E-state index < -0.39 is 0 Å². The highest BCUT2D eigenvalue weighted by atomic mass is 79.9. The van der Waals surface area contributed by atoms with Crippen LogP contribution in [0.4, 0.5) is 5.82 Å². The molecular weight excluding hydrogens is 300 g/mol. The van der Waals surface area contributed by atoms with Gasteiger partial charge in [0.1, 0.15) is 5.82 Å². The van der Waals surface area contributed by atoms with Crippen molar-refractivity contribution in [3.05, 3.63) is 45.2 Å². The molecule has 0 fully saturated rings. The topological polar surface area (TPSA) is 33.2 Å². The number of carbonyl (C=O) groups is 1. The number of likely N-dealkylation sites (N-methyl/N-ethyl adjacent to an activating group) is 1. The number of halogens is 1. The third-order valence-electron chi connectivity index (χ3n) is 2.34. The first-order valence-corrected chi connectivity index (χ1v) is 6.75. The van der Waals surface area contributed by atoms with Crippen LogP contribution in [0.25, 0.3) is 0 Å². The van der Waals surface area contributed by atoms with E-state index in [9.17, 15) is 4.79 Å². The van der Waals surface area contributed by atoms with Gasteiger partial charge in [0.25, 0.3) is 0 Å². The molecule has 0 bridgehead atoms. The van der Waals surface area contributed by atoms with Crippen molar-refractivity contribution in [2.75, 3.05) is 11.9 Å². The van der Waals surface area contributed by atoms with Crippen molar-refractivity contribution in [3.63, 3.8) is 0 Å². The number of pyridine rings is 1. The average Bonchev–Trinajstić information content (AvgIpc) is 2.81. The summed E-state index contributed by atoms with van der Waals surface area (Å²) in [6, 6.07) is 7.61. The lowest BCUT2D eigenvalue weighted by molar-refractivity contribution is -0.117. The van der Waals surface area contributed by atoms with E-state index in [1.165, 1.54) is 0 Å². The molecule has 2 rings (SSSR count). The molecular formula is C12H11BrN2OS. The molecule has 0 spiro atoms. The van der Waals surface area contributed by atoms with Crippen LogP contribution in [0, 0.1) is 0 Å². The Balaban J connectivity index is 2.12. The Labute approximate surface area is 112 Å². The molecule has 0 saturated carbocycles. The summed E-state index contributed by atoms with van der Waals surface area (Å²) in [6.07, 6.45) is 2.09. The lowest BCUT2D eigenvalue weighted by Gasteiger charge is -2.16. The molecule has 0 atom stereocenters. The minimum Gasteiger partial charge on any atom is -0.299 e. The number of amides is 1. The third kappa shape index (κ3) is 2.92. The van der Waals surface area contributed by atoms with Gasteiger partial charge in [-0.25, -0.2) is 4.98 Å². The van der Waals surface area contributed by atoms with Crippen molar-refractivity contribution < 1.29 is 4.79 Å². The van der Waals surface area contributed by atoms with Crippen LogP contribution in [-0.2, 0) is 11.2 Å². The zero-order valence-corrected chi connectivity index (χ0v) is 11.7. The lowest BCUT2D eigenvalue weighted by atomic mass is 10.3. The number of anilines is 1. The Morgan fingerprint density at radius 3 is 2.94 bits per heavy atom. The summed E-state index contributed by atoms with van der Waals surface area (Å²) < 4.78 is 0.821. The van der Waals surface area contributed by atoms with Gasteiger partial charge in [0.2, 0.25) is 5.91 Å². The molecule has 0 unspecified atom stereocenters. The summed E-state index contributed by atoms with van der Waals surface area (Å²) in [5.41, 5.74) is 0. The fraction of sp³-hybridized carbons (Fsp3) is 0.167. The first kappa shape index (κ1) is 12.3. The fourth-order valence-electron chi connectivity index (χ4n) is 1.42. The minimum absolute atomic E-state index is 0.0341. The monoisotopic (exact) mass is 310 g/mol. The Hall–Kier alpha value is -1.20. The van der Waals surface area contributed by atoms with Crippen molar-refractivity contribution in [1.29, 1.82) is 0 Å². The van der Waals surface area contributed by atoms with Crippen LogP contribution in [0.15, 0.2) is 40.3 Å². The number of rotatable bonds is 3. The number of hydrogen-bond acceptors (Lipinski definition) is 3. The number of nitrogens with zero attached hydrogens (tertiary/aromatic N) is 2. The molecule has 0 saturated heterocycles. The maximum absolute atomic E-state index is 12.0. The van der Waals surface area contributed by atoms with Gasteiger partial charge in [0.15, 0.2) is 0 Å². The molecule has 0 aliphatic heterocycles. The van der Waals surface area contributed by atoms with Crippen molar-refractivity contribution in [2.45, 2.75) is 6.42 Å². The third-order valence-corrected chi connectivity index (χ3v) is 3.83. The number of hydrogen-bond donors (Lipinski definition) is 0. The van der Waals surface area contributed by atoms with E-state index in [-0.39, 0.29) is 5.91 Å². The molecule has 2 heterocycles. The van der Waals surface area contributed by atoms with Gasteiger partial charge in [-0.1, -0.05) is 6.07 Å². The smallest absolute Gasteiger partial charge is 0.233 e. The maximum Gasteiger partial charge on any atom is 0.233 e. The molecule has 1 amide bonds. The van der Waals surface area contributed by atoms with Gasteiger partial charge >= 0.3 is 0 Å². The summed E-state index contributed by atoms with van der Waals surface area (Å²) in [5.74, 6) is 0.681. The molecule has 17 heavy (non-hydrogen) atoms. The summed E-state index contributed by atoms with van der Waals surface area (Å²) in [7, 11) is 1.74. The number of aromatic nitrogens is 1. The summed E-state index contributed by atoms with van der Waals surface area (Å²) in [4.78, 5) is 18.9. The van der Waals surface area contributed by atoms with E-state index in [0.29, 0.717) is 12.2 Å². The molecule has 2 aromatic heterocycles. The minimum atomic E-state index is 0.0341. The average molecular weight is 311 g/mol. The lowest BCUT2D eigenvalue weighted by Crippen LogP contribution is -2.28. The van der Waals surface area contributed by atoms with Gasteiger partial charge in [0.05, 0.1) is 10.9 Å². The second-order valence-electron chi connectivity index (χ2n) is 3.52. The predicted octanol–water partition coefficient (Wildman–Crippen LogP) is 3.11. The molecule has 0 radical (unpaired) electrons. The zero-order chi connectivity index (χ0) is 12.3. The molecule has 0 N–H and O–H groups in total. The predicted molar refractivity (Wildman–Crippen MR) is 73.4 cm³/mol. The Morgan fingerprint density at radius 1 is 1.47 bits per heavy atom. The van der Waals surface area contributed by atoms with Crippen LogP contribution >= 0.6 is 27.3 Å². The van der Waals surface area contributed by atoms with Gasteiger partial charge < -0.3 is 0 Å². The Bertz CT molecular complexity index is 513. The summed E-state index contributed by atoms with van der Waals surface area (Å²) >= 11 is 4.98. The molecule has 2 aromatic rings. The van der Waals surface area contributed by atoms with E-state index in [0.717, 1.165) is 9.35 Å². The van der Waals surface area contributed by atoms with E-state index in [4.69, 9.17) is 0 Å². The first-order chi connectivity index (χ1) is 8.18. The second kappa shape index (κ2) is 5.42. The highest BCUT2D eigenvalue weighted by molar-refractivity contribution is 9.10. The van der Waals surface area contributed by atoms with E-state index in [2.05, 4.69) is 20.9 Å². The largest absolute Gasteiger partial charge is 0.299 e.